The Bertz CT molecular complexity index is 1420. The monoisotopic (exact) mass is 538 g/mol. The SMILES string of the molecule is CCCc1nn(-c2ccc(Cl)c(Cl)c2)c([O-])c1C1=C([n+]2cccc(C)c2)C(=O)N(C2CCCCC2)C1=O. The second-order valence-corrected chi connectivity index (χ2v) is 10.5. The number of carbonyl (C=O) groups is 2. The van der Waals surface area contributed by atoms with Crippen LogP contribution in [0.15, 0.2) is 42.7 Å². The third kappa shape index (κ3) is 4.55. The molecule has 1 aromatic carbocycles. The molecule has 2 aromatic heterocycles. The molecule has 0 saturated heterocycles. The van der Waals surface area contributed by atoms with E-state index in [4.69, 9.17) is 23.2 Å². The van der Waals surface area contributed by atoms with E-state index in [2.05, 4.69) is 5.10 Å². The maximum atomic E-state index is 14.1. The normalized spacial score (nSPS) is 16.8. The summed E-state index contributed by atoms with van der Waals surface area (Å²) in [6, 6.07) is 8.39. The molecule has 1 fully saturated rings. The van der Waals surface area contributed by atoms with Crippen molar-refractivity contribution < 1.29 is 19.3 Å². The van der Waals surface area contributed by atoms with E-state index in [1.807, 2.05) is 26.0 Å². The van der Waals surface area contributed by atoms with Crippen molar-refractivity contribution in [3.63, 3.8) is 0 Å². The maximum absolute atomic E-state index is 14.1. The Hall–Kier alpha value is -3.16. The van der Waals surface area contributed by atoms with E-state index in [0.717, 1.165) is 37.7 Å². The summed E-state index contributed by atoms with van der Waals surface area (Å²) in [5.74, 6) is -1.26. The first-order valence-corrected chi connectivity index (χ1v) is 13.4. The van der Waals surface area contributed by atoms with Crippen molar-refractivity contribution in [1.29, 1.82) is 0 Å². The number of aromatic nitrogens is 3. The van der Waals surface area contributed by atoms with Crippen LogP contribution in [0.2, 0.25) is 10.0 Å². The number of benzene rings is 1. The number of hydrogen-bond acceptors (Lipinski definition) is 4. The first-order valence-electron chi connectivity index (χ1n) is 12.7. The first-order chi connectivity index (χ1) is 17.8. The van der Waals surface area contributed by atoms with Gasteiger partial charge in [0.15, 0.2) is 12.4 Å². The Labute approximate surface area is 225 Å². The summed E-state index contributed by atoms with van der Waals surface area (Å²) in [5, 5.41) is 19.2. The molecule has 0 unspecified atom stereocenters. The summed E-state index contributed by atoms with van der Waals surface area (Å²) in [6.45, 7) is 3.90. The summed E-state index contributed by atoms with van der Waals surface area (Å²) >= 11 is 12.3. The zero-order valence-electron chi connectivity index (χ0n) is 20.8. The van der Waals surface area contributed by atoms with Gasteiger partial charge in [-0.1, -0.05) is 55.8 Å². The van der Waals surface area contributed by atoms with Crippen LogP contribution in [-0.4, -0.2) is 32.5 Å². The predicted molar refractivity (Wildman–Crippen MR) is 140 cm³/mol. The molecule has 192 valence electrons. The van der Waals surface area contributed by atoms with Gasteiger partial charge in [0.2, 0.25) is 0 Å². The van der Waals surface area contributed by atoms with Crippen LogP contribution in [0.25, 0.3) is 17.0 Å². The highest BCUT2D eigenvalue weighted by Crippen LogP contribution is 2.40. The fourth-order valence-electron chi connectivity index (χ4n) is 5.30. The second kappa shape index (κ2) is 10.3. The van der Waals surface area contributed by atoms with Gasteiger partial charge in [-0.15, -0.1) is 0 Å². The average molecular weight is 539 g/mol. The number of halogens is 2. The van der Waals surface area contributed by atoms with E-state index in [9.17, 15) is 14.7 Å². The molecule has 1 saturated carbocycles. The zero-order chi connectivity index (χ0) is 26.3. The highest BCUT2D eigenvalue weighted by molar-refractivity contribution is 6.45. The molecule has 1 aliphatic heterocycles. The molecule has 0 bridgehead atoms. The number of hydrogen-bond donors (Lipinski definition) is 0. The summed E-state index contributed by atoms with van der Waals surface area (Å²) in [5.41, 5.74) is 2.33. The van der Waals surface area contributed by atoms with Gasteiger partial charge in [-0.2, -0.15) is 9.67 Å². The Morgan fingerprint density at radius 3 is 2.51 bits per heavy atom. The number of pyridine rings is 1. The van der Waals surface area contributed by atoms with Crippen molar-refractivity contribution in [2.75, 3.05) is 0 Å². The van der Waals surface area contributed by atoms with E-state index in [1.165, 1.54) is 9.58 Å². The zero-order valence-corrected chi connectivity index (χ0v) is 22.3. The van der Waals surface area contributed by atoms with E-state index in [0.29, 0.717) is 34.3 Å². The van der Waals surface area contributed by atoms with Gasteiger partial charge in [0, 0.05) is 23.2 Å². The van der Waals surface area contributed by atoms with Crippen molar-refractivity contribution in [3.05, 3.63) is 69.6 Å². The van der Waals surface area contributed by atoms with Gasteiger partial charge in [0.1, 0.15) is 5.57 Å². The predicted octanol–water partition coefficient (Wildman–Crippen LogP) is 4.87. The number of carbonyl (C=O) groups excluding carboxylic acids is 2. The molecule has 3 aromatic rings. The highest BCUT2D eigenvalue weighted by Gasteiger charge is 2.49. The number of imide groups is 1. The molecular weight excluding hydrogens is 511 g/mol. The van der Waals surface area contributed by atoms with Crippen LogP contribution in [0.1, 0.15) is 62.3 Å². The minimum Gasteiger partial charge on any atom is -0.858 e. The molecule has 5 rings (SSSR count). The molecule has 0 radical (unpaired) electrons. The van der Waals surface area contributed by atoms with Crippen LogP contribution in [0.3, 0.4) is 0 Å². The molecule has 0 spiro atoms. The summed E-state index contributed by atoms with van der Waals surface area (Å²) < 4.78 is 2.91. The van der Waals surface area contributed by atoms with E-state index >= 15 is 0 Å². The number of rotatable bonds is 6. The highest BCUT2D eigenvalue weighted by atomic mass is 35.5. The van der Waals surface area contributed by atoms with E-state index in [-0.39, 0.29) is 28.8 Å². The molecule has 7 nitrogen and oxygen atoms in total. The molecule has 0 atom stereocenters. The summed E-state index contributed by atoms with van der Waals surface area (Å²) in [7, 11) is 0. The van der Waals surface area contributed by atoms with Crippen LogP contribution in [0.4, 0.5) is 0 Å². The van der Waals surface area contributed by atoms with Crippen LogP contribution < -0.4 is 9.67 Å². The lowest BCUT2D eigenvalue weighted by molar-refractivity contribution is -0.577. The van der Waals surface area contributed by atoms with Crippen LogP contribution in [-0.2, 0) is 16.0 Å². The largest absolute Gasteiger partial charge is 0.858 e. The minimum atomic E-state index is -0.464. The maximum Gasteiger partial charge on any atom is 0.327 e. The van der Waals surface area contributed by atoms with Gasteiger partial charge in [0.25, 0.3) is 11.6 Å². The van der Waals surface area contributed by atoms with Crippen molar-refractivity contribution in [3.8, 4) is 11.6 Å². The Morgan fingerprint density at radius 2 is 1.84 bits per heavy atom. The van der Waals surface area contributed by atoms with Gasteiger partial charge >= 0.3 is 5.91 Å². The number of aryl methyl sites for hydroxylation is 2. The third-order valence-electron chi connectivity index (χ3n) is 7.04. The molecular formula is C28H28Cl2N4O3. The third-order valence-corrected chi connectivity index (χ3v) is 7.78. The molecule has 3 heterocycles. The molecule has 2 amide bonds. The van der Waals surface area contributed by atoms with E-state index < -0.39 is 11.8 Å². The second-order valence-electron chi connectivity index (χ2n) is 9.67. The molecule has 37 heavy (non-hydrogen) atoms. The Balaban J connectivity index is 1.74. The quantitative estimate of drug-likeness (QED) is 0.331. The van der Waals surface area contributed by atoms with Gasteiger partial charge in [-0.05, 0) is 56.3 Å². The topological polar surface area (TPSA) is 82.1 Å². The van der Waals surface area contributed by atoms with Gasteiger partial charge in [0.05, 0.1) is 21.4 Å². The van der Waals surface area contributed by atoms with Gasteiger partial charge in [-0.25, -0.2) is 4.68 Å². The Morgan fingerprint density at radius 1 is 1.08 bits per heavy atom. The fourth-order valence-corrected chi connectivity index (χ4v) is 5.60. The molecule has 2 aliphatic rings. The fraction of sp³-hybridized carbons (Fsp3) is 0.357. The van der Waals surface area contributed by atoms with Crippen molar-refractivity contribution in [2.24, 2.45) is 0 Å². The lowest BCUT2D eigenvalue weighted by Crippen LogP contribution is -2.45. The molecule has 0 N–H and O–H groups in total. The van der Waals surface area contributed by atoms with Crippen molar-refractivity contribution in [1.82, 2.24) is 14.7 Å². The smallest absolute Gasteiger partial charge is 0.327 e. The lowest BCUT2D eigenvalue weighted by Gasteiger charge is -2.29. The summed E-state index contributed by atoms with van der Waals surface area (Å²) in [4.78, 5) is 29.4. The van der Waals surface area contributed by atoms with Gasteiger partial charge in [-0.3, -0.25) is 14.5 Å². The number of amides is 2. The van der Waals surface area contributed by atoms with Crippen molar-refractivity contribution in [2.45, 2.75) is 64.8 Å². The standard InChI is InChI=1S/C28H28Cl2N4O3/c1-3-8-22-23(27(36)34(31-22)19-12-13-20(29)21(30)15-19)24-25(32-14-7-9-17(2)16-32)28(37)33(26(24)35)18-10-5-4-6-11-18/h7,9,12-16,18H,3-6,8,10-11H2,1-2H3. The number of nitrogens with zero attached hydrogens (tertiary/aromatic N) is 4. The Kier molecular flexibility index (Phi) is 7.10. The minimum absolute atomic E-state index is 0.117. The first kappa shape index (κ1) is 25.5. The van der Waals surface area contributed by atoms with Gasteiger partial charge < -0.3 is 5.11 Å². The van der Waals surface area contributed by atoms with Crippen LogP contribution in [0, 0.1) is 6.92 Å². The molecule has 9 heteroatoms. The van der Waals surface area contributed by atoms with Crippen molar-refractivity contribution >= 4 is 46.3 Å². The van der Waals surface area contributed by atoms with E-state index in [1.54, 1.807) is 35.2 Å². The molecule has 1 aliphatic carbocycles. The lowest BCUT2D eigenvalue weighted by atomic mass is 9.94. The summed E-state index contributed by atoms with van der Waals surface area (Å²) in [6.07, 6.45) is 9.28. The van der Waals surface area contributed by atoms with Crippen LogP contribution >= 0.6 is 23.2 Å². The van der Waals surface area contributed by atoms with Crippen LogP contribution in [0.5, 0.6) is 5.88 Å². The average Bonchev–Trinajstić information content (AvgIpc) is 3.33.